The summed E-state index contributed by atoms with van der Waals surface area (Å²) in [7, 11) is 0. The van der Waals surface area contributed by atoms with Crippen molar-refractivity contribution in [3.8, 4) is 17.9 Å². The maximum Gasteiger partial charge on any atom is 0.137 e. The van der Waals surface area contributed by atoms with Gasteiger partial charge in [0.1, 0.15) is 18.4 Å². The van der Waals surface area contributed by atoms with Crippen LogP contribution >= 0.6 is 15.9 Å². The molecular formula is C15H9BrN2O. The van der Waals surface area contributed by atoms with Crippen LogP contribution in [0, 0.1) is 22.7 Å². The topological polar surface area (TPSA) is 56.8 Å². The van der Waals surface area contributed by atoms with E-state index in [1.165, 1.54) is 0 Å². The molecule has 0 saturated carbocycles. The first-order chi connectivity index (χ1) is 9.24. The summed E-state index contributed by atoms with van der Waals surface area (Å²) in [5, 5.41) is 18.0. The lowest BCUT2D eigenvalue weighted by atomic mass is 10.1. The van der Waals surface area contributed by atoms with Crippen molar-refractivity contribution in [1.29, 1.82) is 10.5 Å². The quantitative estimate of drug-likeness (QED) is 0.866. The van der Waals surface area contributed by atoms with Gasteiger partial charge in [-0.05, 0) is 24.3 Å². The Labute approximate surface area is 119 Å². The Bertz CT molecular complexity index is 683. The number of rotatable bonds is 3. The lowest BCUT2D eigenvalue weighted by molar-refractivity contribution is 0.305. The molecule has 92 valence electrons. The van der Waals surface area contributed by atoms with Gasteiger partial charge in [0.2, 0.25) is 0 Å². The SMILES string of the molecule is N#Cc1ccccc1COc1ccc(Br)cc1C#N. The van der Waals surface area contributed by atoms with E-state index in [2.05, 4.69) is 28.1 Å². The van der Waals surface area contributed by atoms with Crippen molar-refractivity contribution in [1.82, 2.24) is 0 Å². The van der Waals surface area contributed by atoms with E-state index in [-0.39, 0.29) is 6.61 Å². The average Bonchev–Trinajstić information content (AvgIpc) is 2.46. The predicted octanol–water partition coefficient (Wildman–Crippen LogP) is 3.77. The molecule has 0 fully saturated rings. The lowest BCUT2D eigenvalue weighted by Crippen LogP contribution is -1.99. The van der Waals surface area contributed by atoms with Crippen molar-refractivity contribution < 1.29 is 4.74 Å². The molecule has 0 aliphatic rings. The fraction of sp³-hybridized carbons (Fsp3) is 0.0667. The molecule has 2 rings (SSSR count). The maximum absolute atomic E-state index is 9.04. The number of benzene rings is 2. The van der Waals surface area contributed by atoms with E-state index >= 15 is 0 Å². The molecule has 0 radical (unpaired) electrons. The van der Waals surface area contributed by atoms with Gasteiger partial charge in [-0.1, -0.05) is 34.1 Å². The zero-order chi connectivity index (χ0) is 13.7. The highest BCUT2D eigenvalue weighted by molar-refractivity contribution is 9.10. The monoisotopic (exact) mass is 312 g/mol. The van der Waals surface area contributed by atoms with Crippen LogP contribution in [0.5, 0.6) is 5.75 Å². The highest BCUT2D eigenvalue weighted by Gasteiger charge is 2.06. The first-order valence-electron chi connectivity index (χ1n) is 5.55. The van der Waals surface area contributed by atoms with Crippen molar-refractivity contribution in [2.24, 2.45) is 0 Å². The van der Waals surface area contributed by atoms with Gasteiger partial charge >= 0.3 is 0 Å². The van der Waals surface area contributed by atoms with Gasteiger partial charge in [0, 0.05) is 10.0 Å². The number of ether oxygens (including phenoxy) is 1. The molecule has 0 aliphatic carbocycles. The van der Waals surface area contributed by atoms with E-state index in [4.69, 9.17) is 15.3 Å². The molecule has 0 atom stereocenters. The Morgan fingerprint density at radius 1 is 1.00 bits per heavy atom. The van der Waals surface area contributed by atoms with Gasteiger partial charge in [-0.3, -0.25) is 0 Å². The van der Waals surface area contributed by atoms with Gasteiger partial charge < -0.3 is 4.74 Å². The summed E-state index contributed by atoms with van der Waals surface area (Å²) in [6.07, 6.45) is 0. The molecule has 3 nitrogen and oxygen atoms in total. The Kier molecular flexibility index (Phi) is 4.18. The molecule has 0 N–H and O–H groups in total. The van der Waals surface area contributed by atoms with Gasteiger partial charge in [0.25, 0.3) is 0 Å². The van der Waals surface area contributed by atoms with E-state index in [1.807, 2.05) is 24.3 Å². The molecule has 0 heterocycles. The summed E-state index contributed by atoms with van der Waals surface area (Å²) >= 11 is 3.31. The fourth-order valence-electron chi connectivity index (χ4n) is 1.63. The molecular weight excluding hydrogens is 304 g/mol. The number of nitrogens with zero attached hydrogens (tertiary/aromatic N) is 2. The number of hydrogen-bond donors (Lipinski definition) is 0. The fourth-order valence-corrected chi connectivity index (χ4v) is 1.99. The van der Waals surface area contributed by atoms with Crippen LogP contribution in [-0.2, 0) is 6.61 Å². The van der Waals surface area contributed by atoms with E-state index in [0.29, 0.717) is 16.9 Å². The van der Waals surface area contributed by atoms with Gasteiger partial charge in [-0.15, -0.1) is 0 Å². The molecule has 2 aromatic carbocycles. The second-order valence-corrected chi connectivity index (χ2v) is 4.73. The van der Waals surface area contributed by atoms with E-state index in [1.54, 1.807) is 18.2 Å². The summed E-state index contributed by atoms with van der Waals surface area (Å²) in [4.78, 5) is 0. The molecule has 19 heavy (non-hydrogen) atoms. The van der Waals surface area contributed by atoms with Crippen LogP contribution in [0.3, 0.4) is 0 Å². The predicted molar refractivity (Wildman–Crippen MR) is 74.3 cm³/mol. The molecule has 0 unspecified atom stereocenters. The minimum Gasteiger partial charge on any atom is -0.487 e. The van der Waals surface area contributed by atoms with Crippen LogP contribution in [0.2, 0.25) is 0 Å². The number of nitriles is 2. The number of hydrogen-bond acceptors (Lipinski definition) is 3. The first-order valence-corrected chi connectivity index (χ1v) is 6.34. The van der Waals surface area contributed by atoms with Crippen LogP contribution in [0.25, 0.3) is 0 Å². The van der Waals surface area contributed by atoms with E-state index in [9.17, 15) is 0 Å². The van der Waals surface area contributed by atoms with Crippen molar-refractivity contribution >= 4 is 15.9 Å². The van der Waals surface area contributed by atoms with Gasteiger partial charge in [0.05, 0.1) is 17.2 Å². The van der Waals surface area contributed by atoms with Crippen molar-refractivity contribution in [3.63, 3.8) is 0 Å². The second kappa shape index (κ2) is 6.04. The molecule has 0 aliphatic heterocycles. The largest absolute Gasteiger partial charge is 0.487 e. The summed E-state index contributed by atoms with van der Waals surface area (Å²) in [5.41, 5.74) is 1.85. The van der Waals surface area contributed by atoms with Gasteiger partial charge in [0.15, 0.2) is 0 Å². The molecule has 0 amide bonds. The molecule has 2 aromatic rings. The van der Waals surface area contributed by atoms with Crippen LogP contribution in [-0.4, -0.2) is 0 Å². The maximum atomic E-state index is 9.04. The van der Waals surface area contributed by atoms with Gasteiger partial charge in [-0.25, -0.2) is 0 Å². The summed E-state index contributed by atoms with van der Waals surface area (Å²) in [6, 6.07) is 16.7. The Balaban J connectivity index is 2.20. The molecule has 4 heteroatoms. The van der Waals surface area contributed by atoms with Crippen LogP contribution < -0.4 is 4.74 Å². The summed E-state index contributed by atoms with van der Waals surface area (Å²) < 4.78 is 6.44. The van der Waals surface area contributed by atoms with Crippen LogP contribution in [0.4, 0.5) is 0 Å². The highest BCUT2D eigenvalue weighted by atomic mass is 79.9. The zero-order valence-electron chi connectivity index (χ0n) is 9.93. The van der Waals surface area contributed by atoms with E-state index < -0.39 is 0 Å². The van der Waals surface area contributed by atoms with Crippen LogP contribution in [0.1, 0.15) is 16.7 Å². The second-order valence-electron chi connectivity index (χ2n) is 3.81. The lowest BCUT2D eigenvalue weighted by Gasteiger charge is -2.09. The minimum absolute atomic E-state index is 0.264. The average molecular weight is 313 g/mol. The smallest absolute Gasteiger partial charge is 0.137 e. The third-order valence-corrected chi connectivity index (χ3v) is 3.08. The van der Waals surface area contributed by atoms with E-state index in [0.717, 1.165) is 10.0 Å². The summed E-state index contributed by atoms with van der Waals surface area (Å²) in [5.74, 6) is 0.512. The molecule has 0 saturated heterocycles. The van der Waals surface area contributed by atoms with Crippen molar-refractivity contribution in [3.05, 3.63) is 63.6 Å². The Hall–Kier alpha value is -2.30. The third kappa shape index (κ3) is 3.13. The van der Waals surface area contributed by atoms with Gasteiger partial charge in [-0.2, -0.15) is 10.5 Å². The first kappa shape index (κ1) is 13.1. The standard InChI is InChI=1S/C15H9BrN2O/c16-14-5-6-15(13(7-14)9-18)19-10-12-4-2-1-3-11(12)8-17/h1-7H,10H2. The molecule has 0 spiro atoms. The minimum atomic E-state index is 0.264. The third-order valence-electron chi connectivity index (χ3n) is 2.58. The van der Waals surface area contributed by atoms with Crippen molar-refractivity contribution in [2.75, 3.05) is 0 Å². The normalized spacial score (nSPS) is 9.42. The Morgan fingerprint density at radius 2 is 1.74 bits per heavy atom. The van der Waals surface area contributed by atoms with Crippen LogP contribution in [0.15, 0.2) is 46.9 Å². The molecule has 0 bridgehead atoms. The van der Waals surface area contributed by atoms with Crippen molar-refractivity contribution in [2.45, 2.75) is 6.61 Å². The Morgan fingerprint density at radius 3 is 2.47 bits per heavy atom. The number of halogens is 1. The highest BCUT2D eigenvalue weighted by Crippen LogP contribution is 2.23. The molecule has 0 aromatic heterocycles. The summed E-state index contributed by atoms with van der Waals surface area (Å²) in [6.45, 7) is 0.264. The zero-order valence-corrected chi connectivity index (χ0v) is 11.5.